The minimum atomic E-state index is -0.865. The number of rotatable bonds is 4. The van der Waals surface area contributed by atoms with Gasteiger partial charge in [-0.3, -0.25) is 23.1 Å². The number of aryl methyl sites for hydroxylation is 2. The summed E-state index contributed by atoms with van der Waals surface area (Å²) in [7, 11) is 3.16. The van der Waals surface area contributed by atoms with Crippen LogP contribution in [0, 0.1) is 13.8 Å². The smallest absolute Gasteiger partial charge is 0.333 e. The lowest BCUT2D eigenvalue weighted by atomic mass is 10.2. The van der Waals surface area contributed by atoms with E-state index in [9.17, 15) is 14.4 Å². The number of hydrogen-bond acceptors (Lipinski definition) is 5. The quantitative estimate of drug-likeness (QED) is 0.513. The van der Waals surface area contributed by atoms with Crippen LogP contribution in [0.4, 0.5) is 0 Å². The summed E-state index contributed by atoms with van der Waals surface area (Å²) in [6.07, 6.45) is 0. The number of fused-ring (bicyclic) bond motifs is 3. The number of benzene rings is 1. The van der Waals surface area contributed by atoms with E-state index in [-0.39, 0.29) is 16.9 Å². The topological polar surface area (TPSA) is 92.5 Å². The van der Waals surface area contributed by atoms with Gasteiger partial charge in [0.1, 0.15) is 5.75 Å². The van der Waals surface area contributed by atoms with Crippen molar-refractivity contribution in [2.75, 3.05) is 7.11 Å². The van der Waals surface area contributed by atoms with Crippen molar-refractivity contribution in [2.45, 2.75) is 33.7 Å². The van der Waals surface area contributed by atoms with Crippen LogP contribution in [0.1, 0.15) is 31.3 Å². The van der Waals surface area contributed by atoms with Gasteiger partial charge in [0.05, 0.1) is 13.2 Å². The van der Waals surface area contributed by atoms with Gasteiger partial charge < -0.3 is 4.74 Å². The van der Waals surface area contributed by atoms with Crippen molar-refractivity contribution in [3.63, 3.8) is 0 Å². The number of ketones is 1. The zero-order valence-corrected chi connectivity index (χ0v) is 17.8. The molecule has 3 aromatic heterocycles. The fourth-order valence-electron chi connectivity index (χ4n) is 3.78. The first-order valence-electron chi connectivity index (χ1n) is 9.55. The molecule has 1 atom stereocenters. The number of nitrogens with zero attached hydrogens (tertiary/aromatic N) is 5. The van der Waals surface area contributed by atoms with Crippen molar-refractivity contribution >= 4 is 22.7 Å². The van der Waals surface area contributed by atoms with Crippen molar-refractivity contribution in [3.8, 4) is 11.4 Å². The Bertz CT molecular complexity index is 1430. The number of hydrogen-bond donors (Lipinski definition) is 0. The Kier molecular flexibility index (Phi) is 4.41. The normalized spacial score (nSPS) is 12.6. The number of carbonyl (C=O) groups excluding carboxylic acids is 1. The van der Waals surface area contributed by atoms with E-state index < -0.39 is 17.3 Å². The van der Waals surface area contributed by atoms with Gasteiger partial charge in [-0.15, -0.1) is 0 Å². The summed E-state index contributed by atoms with van der Waals surface area (Å²) in [6.45, 7) is 6.75. The van der Waals surface area contributed by atoms with E-state index in [1.807, 2.05) is 42.7 Å². The molecule has 0 aliphatic heterocycles. The minimum absolute atomic E-state index is 0.266. The molecule has 0 aliphatic carbocycles. The second kappa shape index (κ2) is 6.72. The third kappa shape index (κ3) is 2.54. The molecule has 0 saturated heterocycles. The van der Waals surface area contributed by atoms with Gasteiger partial charge in [0.2, 0.25) is 5.78 Å². The standard InChI is InChI=1S/C21H23N5O4/c1-11-12(2)25-17-18(23(5)21(29)26(19(17)28)13(3)14(4)27)22-20(25)24(11)15-7-9-16(30-6)10-8-15/h7-10,13H,1-6H3/t13-/m1/s1. The van der Waals surface area contributed by atoms with Crippen LogP contribution in [0.25, 0.3) is 22.6 Å². The third-order valence-electron chi connectivity index (χ3n) is 5.77. The second-order valence-electron chi connectivity index (χ2n) is 7.43. The second-order valence-corrected chi connectivity index (χ2v) is 7.43. The zero-order chi connectivity index (χ0) is 21.9. The van der Waals surface area contributed by atoms with Crippen LogP contribution in [0.5, 0.6) is 5.75 Å². The highest BCUT2D eigenvalue weighted by Gasteiger charge is 2.25. The molecular formula is C21H23N5O4. The highest BCUT2D eigenvalue weighted by Crippen LogP contribution is 2.25. The van der Waals surface area contributed by atoms with E-state index in [2.05, 4.69) is 4.98 Å². The van der Waals surface area contributed by atoms with Crippen LogP contribution in [0.3, 0.4) is 0 Å². The van der Waals surface area contributed by atoms with Crippen LogP contribution in [0.2, 0.25) is 0 Å². The molecule has 0 spiro atoms. The number of aromatic nitrogens is 5. The number of imidazole rings is 2. The summed E-state index contributed by atoms with van der Waals surface area (Å²) in [6, 6.07) is 6.64. The Morgan fingerprint density at radius 3 is 2.30 bits per heavy atom. The zero-order valence-electron chi connectivity index (χ0n) is 17.8. The van der Waals surface area contributed by atoms with Crippen molar-refractivity contribution < 1.29 is 9.53 Å². The molecular weight excluding hydrogens is 386 g/mol. The first kappa shape index (κ1) is 19.7. The van der Waals surface area contributed by atoms with E-state index >= 15 is 0 Å². The maximum absolute atomic E-state index is 13.3. The molecule has 4 aromatic rings. The summed E-state index contributed by atoms with van der Waals surface area (Å²) >= 11 is 0. The monoisotopic (exact) mass is 409 g/mol. The molecule has 0 aliphatic rings. The van der Waals surface area contributed by atoms with E-state index in [1.54, 1.807) is 25.5 Å². The van der Waals surface area contributed by atoms with Gasteiger partial charge in [0.15, 0.2) is 16.9 Å². The van der Waals surface area contributed by atoms with E-state index in [0.29, 0.717) is 5.78 Å². The Morgan fingerprint density at radius 1 is 1.10 bits per heavy atom. The number of carbonyl (C=O) groups is 1. The maximum atomic E-state index is 13.3. The van der Waals surface area contributed by atoms with Crippen LogP contribution >= 0.6 is 0 Å². The molecule has 9 nitrogen and oxygen atoms in total. The number of Topliss-reactive ketones (excluding diaryl/α,β-unsaturated/α-hetero) is 1. The lowest BCUT2D eigenvalue weighted by Crippen LogP contribution is -2.42. The highest BCUT2D eigenvalue weighted by molar-refractivity contribution is 5.81. The van der Waals surface area contributed by atoms with Gasteiger partial charge in [0, 0.05) is 24.1 Å². The van der Waals surface area contributed by atoms with Crippen molar-refractivity contribution in [2.24, 2.45) is 7.05 Å². The number of methoxy groups -OCH3 is 1. The molecule has 1 aromatic carbocycles. The minimum Gasteiger partial charge on any atom is -0.497 e. The Hall–Kier alpha value is -3.62. The van der Waals surface area contributed by atoms with Gasteiger partial charge in [-0.1, -0.05) is 0 Å². The van der Waals surface area contributed by atoms with Gasteiger partial charge in [-0.2, -0.15) is 4.98 Å². The fraction of sp³-hybridized carbons (Fsp3) is 0.333. The molecule has 4 rings (SSSR count). The average molecular weight is 409 g/mol. The molecule has 0 unspecified atom stereocenters. The molecule has 0 N–H and O–H groups in total. The molecule has 0 saturated carbocycles. The Morgan fingerprint density at radius 2 is 1.73 bits per heavy atom. The molecule has 0 amide bonds. The largest absolute Gasteiger partial charge is 0.497 e. The van der Waals surface area contributed by atoms with E-state index in [1.165, 1.54) is 11.5 Å². The van der Waals surface area contributed by atoms with Crippen LogP contribution in [-0.4, -0.2) is 36.0 Å². The van der Waals surface area contributed by atoms with Gasteiger partial charge in [-0.25, -0.2) is 9.36 Å². The molecule has 3 heterocycles. The molecule has 30 heavy (non-hydrogen) atoms. The summed E-state index contributed by atoms with van der Waals surface area (Å²) in [5.41, 5.74) is 2.03. The van der Waals surface area contributed by atoms with Gasteiger partial charge in [0.25, 0.3) is 5.56 Å². The number of ether oxygens (including phenoxy) is 1. The van der Waals surface area contributed by atoms with Gasteiger partial charge >= 0.3 is 5.69 Å². The lowest BCUT2D eigenvalue weighted by Gasteiger charge is -2.12. The molecule has 0 radical (unpaired) electrons. The average Bonchev–Trinajstić information content (AvgIpc) is 3.22. The summed E-state index contributed by atoms with van der Waals surface area (Å²) in [4.78, 5) is 42.7. The summed E-state index contributed by atoms with van der Waals surface area (Å²) in [5.74, 6) is 0.983. The molecule has 0 fully saturated rings. The third-order valence-corrected chi connectivity index (χ3v) is 5.77. The predicted molar refractivity (Wildman–Crippen MR) is 113 cm³/mol. The Labute approximate surface area is 171 Å². The van der Waals surface area contributed by atoms with E-state index in [4.69, 9.17) is 4.74 Å². The van der Waals surface area contributed by atoms with Crippen molar-refractivity contribution in [1.82, 2.24) is 23.1 Å². The SMILES string of the molecule is COc1ccc(-n2c(C)c(C)n3c4c(=O)n([C@H](C)C(C)=O)c(=O)n(C)c4nc23)cc1. The summed E-state index contributed by atoms with van der Waals surface area (Å²) < 4.78 is 11.2. The first-order chi connectivity index (χ1) is 14.2. The van der Waals surface area contributed by atoms with Crippen LogP contribution in [-0.2, 0) is 11.8 Å². The summed E-state index contributed by atoms with van der Waals surface area (Å²) in [5, 5.41) is 0. The Balaban J connectivity index is 2.15. The molecule has 0 bridgehead atoms. The van der Waals surface area contributed by atoms with Gasteiger partial charge in [-0.05, 0) is 52.0 Å². The van der Waals surface area contributed by atoms with Crippen molar-refractivity contribution in [3.05, 3.63) is 56.5 Å². The lowest BCUT2D eigenvalue weighted by molar-refractivity contribution is -0.119. The maximum Gasteiger partial charge on any atom is 0.333 e. The predicted octanol–water partition coefficient (Wildman–Crippen LogP) is 1.91. The molecule has 156 valence electrons. The van der Waals surface area contributed by atoms with Crippen LogP contribution < -0.4 is 16.0 Å². The van der Waals surface area contributed by atoms with E-state index in [0.717, 1.165) is 27.4 Å². The highest BCUT2D eigenvalue weighted by atomic mass is 16.5. The van der Waals surface area contributed by atoms with Crippen molar-refractivity contribution in [1.29, 1.82) is 0 Å². The van der Waals surface area contributed by atoms with Crippen LogP contribution in [0.15, 0.2) is 33.9 Å². The first-order valence-corrected chi connectivity index (χ1v) is 9.55. The fourth-order valence-corrected chi connectivity index (χ4v) is 3.78. The molecule has 9 heteroatoms.